The molecular weight excluding hydrogens is 337 g/mol. The minimum absolute atomic E-state index is 0.0505. The zero-order valence-corrected chi connectivity index (χ0v) is 14.6. The molecule has 26 heavy (non-hydrogen) atoms. The lowest BCUT2D eigenvalue weighted by atomic mass is 9.76. The van der Waals surface area contributed by atoms with Gasteiger partial charge >= 0.3 is 12.7 Å². The van der Waals surface area contributed by atoms with Crippen molar-refractivity contribution in [2.24, 2.45) is 5.92 Å². The number of cyclic esters (lactones) is 1. The standard InChI is InChI=1S/C20H22FNO4/c1-22-13-25-18-7-6-14(10-17(18)21)8-9-20(15-4-2-3-5-15)12-16(23)11-19(24)26-20/h6-7,10,15H,2-5,8-9,11-13H2. The Morgan fingerprint density at radius 2 is 2.08 bits per heavy atom. The van der Waals surface area contributed by atoms with E-state index in [0.717, 1.165) is 31.2 Å². The highest BCUT2D eigenvalue weighted by molar-refractivity contribution is 5.98. The first-order valence-corrected chi connectivity index (χ1v) is 9.00. The number of hydrogen-bond donors (Lipinski definition) is 0. The summed E-state index contributed by atoms with van der Waals surface area (Å²) >= 11 is 0. The molecule has 1 atom stereocenters. The average molecular weight is 359 g/mol. The number of nitrogens with zero attached hydrogens (tertiary/aromatic N) is 1. The molecule has 1 aromatic carbocycles. The maximum Gasteiger partial charge on any atom is 0.357 e. The molecule has 1 aliphatic carbocycles. The fourth-order valence-electron chi connectivity index (χ4n) is 4.15. The molecule has 5 nitrogen and oxygen atoms in total. The van der Waals surface area contributed by atoms with Crippen LogP contribution in [0.15, 0.2) is 18.2 Å². The maximum absolute atomic E-state index is 14.1. The van der Waals surface area contributed by atoms with Crippen molar-refractivity contribution in [3.8, 4) is 5.75 Å². The molecule has 1 saturated carbocycles. The summed E-state index contributed by atoms with van der Waals surface area (Å²) in [6, 6.07) is 4.64. The molecule has 1 saturated heterocycles. The number of esters is 1. The van der Waals surface area contributed by atoms with Crippen LogP contribution in [-0.2, 0) is 20.7 Å². The average Bonchev–Trinajstić information content (AvgIpc) is 3.14. The van der Waals surface area contributed by atoms with Crippen LogP contribution < -0.4 is 4.74 Å². The van der Waals surface area contributed by atoms with E-state index >= 15 is 0 Å². The van der Waals surface area contributed by atoms with Crippen LogP contribution >= 0.6 is 0 Å². The zero-order chi connectivity index (χ0) is 18.6. The van der Waals surface area contributed by atoms with Gasteiger partial charge in [-0.1, -0.05) is 18.9 Å². The van der Waals surface area contributed by atoms with E-state index in [1.54, 1.807) is 6.07 Å². The molecule has 0 aromatic heterocycles. The molecule has 0 spiro atoms. The Kier molecular flexibility index (Phi) is 5.55. The van der Waals surface area contributed by atoms with Gasteiger partial charge in [0, 0.05) is 6.42 Å². The Bertz CT molecular complexity index is 718. The lowest BCUT2D eigenvalue weighted by Gasteiger charge is -2.41. The normalized spacial score (nSPS) is 23.5. The summed E-state index contributed by atoms with van der Waals surface area (Å²) in [4.78, 5) is 27.0. The van der Waals surface area contributed by atoms with Crippen molar-refractivity contribution in [3.63, 3.8) is 0 Å². The molecule has 0 N–H and O–H groups in total. The van der Waals surface area contributed by atoms with Gasteiger partial charge in [-0.05, 0) is 49.3 Å². The van der Waals surface area contributed by atoms with E-state index in [4.69, 9.17) is 16.0 Å². The molecule has 2 fully saturated rings. The number of carbonyl (C=O) groups excluding carboxylic acids is 2. The van der Waals surface area contributed by atoms with Gasteiger partial charge in [-0.3, -0.25) is 14.4 Å². The van der Waals surface area contributed by atoms with Crippen LogP contribution in [0.4, 0.5) is 4.39 Å². The summed E-state index contributed by atoms with van der Waals surface area (Å²) in [7, 11) is 0. The highest BCUT2D eigenvalue weighted by Gasteiger charge is 2.47. The predicted molar refractivity (Wildman–Crippen MR) is 91.8 cm³/mol. The van der Waals surface area contributed by atoms with Crippen molar-refractivity contribution in [1.82, 2.24) is 0 Å². The van der Waals surface area contributed by atoms with Crippen LogP contribution in [0.2, 0.25) is 0 Å². The second-order valence-corrected chi connectivity index (χ2v) is 7.11. The SMILES string of the molecule is [C-]#[N+]COc1ccc(CCC2(C3CCCC3)CC(=O)CC(=O)O2)cc1F. The molecule has 138 valence electrons. The van der Waals surface area contributed by atoms with Crippen LogP contribution in [0.3, 0.4) is 0 Å². The van der Waals surface area contributed by atoms with E-state index in [1.807, 2.05) is 0 Å². The predicted octanol–water partition coefficient (Wildman–Crippen LogP) is 3.85. The first-order valence-electron chi connectivity index (χ1n) is 9.00. The van der Waals surface area contributed by atoms with Gasteiger partial charge in [-0.25, -0.2) is 11.0 Å². The monoisotopic (exact) mass is 359 g/mol. The van der Waals surface area contributed by atoms with Gasteiger partial charge < -0.3 is 9.47 Å². The van der Waals surface area contributed by atoms with E-state index in [-0.39, 0.29) is 37.0 Å². The van der Waals surface area contributed by atoms with Crippen molar-refractivity contribution in [3.05, 3.63) is 41.0 Å². The third-order valence-electron chi connectivity index (χ3n) is 5.37. The number of ether oxygens (including phenoxy) is 2. The number of halogens is 1. The van der Waals surface area contributed by atoms with Crippen LogP contribution in [-0.4, -0.2) is 24.1 Å². The summed E-state index contributed by atoms with van der Waals surface area (Å²) < 4.78 is 24.9. The fraction of sp³-hybridized carbons (Fsp3) is 0.550. The molecule has 0 bridgehead atoms. The molecule has 3 rings (SSSR count). The topological polar surface area (TPSA) is 57.0 Å². The maximum atomic E-state index is 14.1. The second kappa shape index (κ2) is 7.86. The van der Waals surface area contributed by atoms with Gasteiger partial charge in [0.05, 0.1) is 0 Å². The second-order valence-electron chi connectivity index (χ2n) is 7.11. The number of ketones is 1. The molecule has 1 aromatic rings. The Morgan fingerprint density at radius 3 is 2.73 bits per heavy atom. The van der Waals surface area contributed by atoms with Gasteiger partial charge in [-0.2, -0.15) is 0 Å². The van der Waals surface area contributed by atoms with E-state index < -0.39 is 17.4 Å². The van der Waals surface area contributed by atoms with E-state index in [0.29, 0.717) is 12.8 Å². The summed E-state index contributed by atoms with van der Waals surface area (Å²) in [5.41, 5.74) is 0.00248. The van der Waals surface area contributed by atoms with Crippen LogP contribution in [0.5, 0.6) is 5.75 Å². The molecule has 0 radical (unpaired) electrons. The molecule has 6 heteroatoms. The minimum atomic E-state index is -0.751. The van der Waals surface area contributed by atoms with E-state index in [9.17, 15) is 14.0 Å². The lowest BCUT2D eigenvalue weighted by molar-refractivity contribution is -0.178. The summed E-state index contributed by atoms with van der Waals surface area (Å²) in [5, 5.41) is 0. The zero-order valence-electron chi connectivity index (χ0n) is 14.6. The first-order chi connectivity index (χ1) is 12.5. The van der Waals surface area contributed by atoms with Crippen LogP contribution in [0.25, 0.3) is 4.85 Å². The van der Waals surface area contributed by atoms with Crippen molar-refractivity contribution < 1.29 is 23.5 Å². The molecule has 2 aliphatic rings. The molecule has 1 heterocycles. The van der Waals surface area contributed by atoms with Gasteiger partial charge in [0.25, 0.3) is 0 Å². The van der Waals surface area contributed by atoms with Gasteiger partial charge in [0.2, 0.25) is 0 Å². The Labute approximate surface area is 152 Å². The van der Waals surface area contributed by atoms with Crippen molar-refractivity contribution in [2.45, 2.75) is 57.0 Å². The number of benzene rings is 1. The summed E-state index contributed by atoms with van der Waals surface area (Å²) in [6.07, 6.45) is 5.22. The highest BCUT2D eigenvalue weighted by Crippen LogP contribution is 2.44. The van der Waals surface area contributed by atoms with E-state index in [2.05, 4.69) is 4.85 Å². The lowest BCUT2D eigenvalue weighted by Crippen LogP contribution is -2.48. The summed E-state index contributed by atoms with van der Waals surface area (Å²) in [5.74, 6) is -0.779. The number of rotatable bonds is 6. The fourth-order valence-corrected chi connectivity index (χ4v) is 4.15. The van der Waals surface area contributed by atoms with Gasteiger partial charge in [0.15, 0.2) is 11.6 Å². The third-order valence-corrected chi connectivity index (χ3v) is 5.37. The molecular formula is C20H22FNO4. The van der Waals surface area contributed by atoms with Crippen molar-refractivity contribution >= 4 is 11.8 Å². The number of carbonyl (C=O) groups is 2. The summed E-state index contributed by atoms with van der Waals surface area (Å²) in [6.45, 7) is 6.47. The minimum Gasteiger partial charge on any atom is -0.458 e. The van der Waals surface area contributed by atoms with E-state index in [1.165, 1.54) is 12.1 Å². The third kappa shape index (κ3) is 4.04. The first kappa shape index (κ1) is 18.4. The Hall–Kier alpha value is -2.42. The number of Topliss-reactive ketones (excluding diaryl/α,β-unsaturated/α-hetero) is 1. The van der Waals surface area contributed by atoms with Crippen molar-refractivity contribution in [1.29, 1.82) is 0 Å². The smallest absolute Gasteiger partial charge is 0.357 e. The molecule has 0 amide bonds. The molecule has 1 aliphatic heterocycles. The number of hydrogen-bond acceptors (Lipinski definition) is 4. The van der Waals surface area contributed by atoms with Crippen molar-refractivity contribution in [2.75, 3.05) is 6.73 Å². The van der Waals surface area contributed by atoms with Crippen LogP contribution in [0.1, 0.15) is 50.5 Å². The highest BCUT2D eigenvalue weighted by atomic mass is 19.1. The van der Waals surface area contributed by atoms with Crippen LogP contribution in [0, 0.1) is 18.3 Å². The van der Waals surface area contributed by atoms with Gasteiger partial charge in [0.1, 0.15) is 17.8 Å². The number of aryl methyl sites for hydroxylation is 1. The Morgan fingerprint density at radius 1 is 1.31 bits per heavy atom. The quantitative estimate of drug-likeness (QED) is 0.440. The Balaban J connectivity index is 1.74. The molecule has 1 unspecified atom stereocenters. The largest absolute Gasteiger partial charge is 0.458 e. The van der Waals surface area contributed by atoms with Gasteiger partial charge in [-0.15, -0.1) is 0 Å².